The molecule has 1 fully saturated rings. The number of amides is 1. The molecule has 1 amide bonds. The van der Waals surface area contributed by atoms with Gasteiger partial charge in [-0.3, -0.25) is 14.7 Å². The Hall–Kier alpha value is -1.72. The van der Waals surface area contributed by atoms with Gasteiger partial charge in [-0.2, -0.15) is 0 Å². The molecule has 1 aliphatic heterocycles. The van der Waals surface area contributed by atoms with E-state index in [0.29, 0.717) is 0 Å². The van der Waals surface area contributed by atoms with Gasteiger partial charge in [0.05, 0.1) is 13.2 Å². The lowest BCUT2D eigenvalue weighted by molar-refractivity contribution is -0.116. The van der Waals surface area contributed by atoms with Crippen molar-refractivity contribution in [3.05, 3.63) is 36.2 Å². The number of ether oxygens (including phenoxy) is 1. The van der Waals surface area contributed by atoms with Crippen LogP contribution in [0.1, 0.15) is 37.7 Å². The van der Waals surface area contributed by atoms with Gasteiger partial charge in [-0.05, 0) is 37.1 Å². The summed E-state index contributed by atoms with van der Waals surface area (Å²) in [5, 5.41) is 2.93. The standard InChI is InChI=1S/C19H29N3O2/c23-19(9-8-18-7-6-10-20-17-18)21-11-4-2-1-3-5-12-22-13-15-24-16-14-22/h6-10,17H,1-5,11-16H2,(H,21,23)/b9-8+. The number of nitrogens with one attached hydrogen (secondary N) is 1. The summed E-state index contributed by atoms with van der Waals surface area (Å²) in [5.41, 5.74) is 0.938. The van der Waals surface area contributed by atoms with Crippen LogP contribution >= 0.6 is 0 Å². The van der Waals surface area contributed by atoms with E-state index in [2.05, 4.69) is 15.2 Å². The van der Waals surface area contributed by atoms with Gasteiger partial charge in [0.1, 0.15) is 0 Å². The van der Waals surface area contributed by atoms with Crippen molar-refractivity contribution >= 4 is 12.0 Å². The molecule has 24 heavy (non-hydrogen) atoms. The Bertz CT molecular complexity index is 485. The van der Waals surface area contributed by atoms with Gasteiger partial charge >= 0.3 is 0 Å². The molecule has 0 unspecified atom stereocenters. The second kappa shape index (κ2) is 11.8. The van der Waals surface area contributed by atoms with E-state index >= 15 is 0 Å². The zero-order valence-electron chi connectivity index (χ0n) is 14.5. The maximum absolute atomic E-state index is 11.7. The molecule has 1 aromatic rings. The zero-order valence-corrected chi connectivity index (χ0v) is 14.5. The average molecular weight is 331 g/mol. The van der Waals surface area contributed by atoms with E-state index in [1.807, 2.05) is 12.1 Å². The van der Waals surface area contributed by atoms with Crippen molar-refractivity contribution in [1.82, 2.24) is 15.2 Å². The van der Waals surface area contributed by atoms with Crippen molar-refractivity contribution in [3.8, 4) is 0 Å². The normalized spacial score (nSPS) is 15.7. The Morgan fingerprint density at radius 1 is 1.21 bits per heavy atom. The monoisotopic (exact) mass is 331 g/mol. The smallest absolute Gasteiger partial charge is 0.243 e. The lowest BCUT2D eigenvalue weighted by Gasteiger charge is -2.26. The summed E-state index contributed by atoms with van der Waals surface area (Å²) in [5.74, 6) is -0.0360. The predicted octanol–water partition coefficient (Wildman–Crippen LogP) is 2.49. The van der Waals surface area contributed by atoms with E-state index in [0.717, 1.165) is 44.8 Å². The van der Waals surface area contributed by atoms with E-state index in [9.17, 15) is 4.79 Å². The van der Waals surface area contributed by atoms with Gasteiger partial charge in [0.2, 0.25) is 5.91 Å². The molecule has 2 rings (SSSR count). The van der Waals surface area contributed by atoms with Crippen LogP contribution < -0.4 is 5.32 Å². The first-order chi connectivity index (χ1) is 11.8. The topological polar surface area (TPSA) is 54.5 Å². The van der Waals surface area contributed by atoms with Crippen LogP contribution in [-0.4, -0.2) is 55.2 Å². The SMILES string of the molecule is O=C(/C=C/c1cccnc1)NCCCCCCCN1CCOCC1. The summed E-state index contributed by atoms with van der Waals surface area (Å²) in [7, 11) is 0. The summed E-state index contributed by atoms with van der Waals surface area (Å²) < 4.78 is 5.35. The van der Waals surface area contributed by atoms with Crippen LogP contribution in [0.15, 0.2) is 30.6 Å². The fourth-order valence-corrected chi connectivity index (χ4v) is 2.73. The molecule has 5 nitrogen and oxygen atoms in total. The molecule has 1 saturated heterocycles. The minimum absolute atomic E-state index is 0.0360. The third-order valence-corrected chi connectivity index (χ3v) is 4.17. The number of unbranched alkanes of at least 4 members (excludes halogenated alkanes) is 4. The van der Waals surface area contributed by atoms with Crippen molar-refractivity contribution in [1.29, 1.82) is 0 Å². The Labute approximate surface area is 145 Å². The predicted molar refractivity (Wildman–Crippen MR) is 96.6 cm³/mol. The molecule has 0 aliphatic carbocycles. The van der Waals surface area contributed by atoms with E-state index < -0.39 is 0 Å². The van der Waals surface area contributed by atoms with Gasteiger partial charge in [-0.1, -0.05) is 25.3 Å². The number of hydrogen-bond donors (Lipinski definition) is 1. The Morgan fingerprint density at radius 2 is 2.00 bits per heavy atom. The molecule has 0 saturated carbocycles. The van der Waals surface area contributed by atoms with Crippen LogP contribution in [0.4, 0.5) is 0 Å². The Balaban J connectivity index is 1.42. The number of morpholine rings is 1. The van der Waals surface area contributed by atoms with E-state index in [1.165, 1.54) is 32.2 Å². The highest BCUT2D eigenvalue weighted by atomic mass is 16.5. The largest absolute Gasteiger partial charge is 0.379 e. The Kier molecular flexibility index (Phi) is 9.12. The van der Waals surface area contributed by atoms with Crippen LogP contribution in [-0.2, 0) is 9.53 Å². The lowest BCUT2D eigenvalue weighted by Crippen LogP contribution is -2.36. The minimum atomic E-state index is -0.0360. The third-order valence-electron chi connectivity index (χ3n) is 4.17. The Morgan fingerprint density at radius 3 is 2.79 bits per heavy atom. The van der Waals surface area contributed by atoms with Crippen LogP contribution in [0, 0.1) is 0 Å². The molecule has 1 N–H and O–H groups in total. The molecule has 1 aliphatic rings. The molecule has 0 bridgehead atoms. The van der Waals surface area contributed by atoms with Crippen LogP contribution in [0.3, 0.4) is 0 Å². The fourth-order valence-electron chi connectivity index (χ4n) is 2.73. The first-order valence-electron chi connectivity index (χ1n) is 9.00. The van der Waals surface area contributed by atoms with Gasteiger partial charge in [-0.15, -0.1) is 0 Å². The van der Waals surface area contributed by atoms with E-state index in [4.69, 9.17) is 4.74 Å². The number of hydrogen-bond acceptors (Lipinski definition) is 4. The molecule has 5 heteroatoms. The van der Waals surface area contributed by atoms with Crippen LogP contribution in [0.25, 0.3) is 6.08 Å². The highest BCUT2D eigenvalue weighted by Crippen LogP contribution is 2.05. The number of nitrogens with zero attached hydrogens (tertiary/aromatic N) is 2. The summed E-state index contributed by atoms with van der Waals surface area (Å²) in [4.78, 5) is 18.2. The second-order valence-electron chi connectivity index (χ2n) is 6.13. The highest BCUT2D eigenvalue weighted by molar-refractivity contribution is 5.91. The number of aromatic nitrogens is 1. The van der Waals surface area contributed by atoms with E-state index in [-0.39, 0.29) is 5.91 Å². The van der Waals surface area contributed by atoms with Crippen molar-refractivity contribution in [2.24, 2.45) is 0 Å². The molecular weight excluding hydrogens is 302 g/mol. The van der Waals surface area contributed by atoms with Gasteiger partial charge in [0, 0.05) is 38.1 Å². The summed E-state index contributed by atoms with van der Waals surface area (Å²) in [6, 6.07) is 3.78. The van der Waals surface area contributed by atoms with Crippen LogP contribution in [0.2, 0.25) is 0 Å². The highest BCUT2D eigenvalue weighted by Gasteiger charge is 2.08. The van der Waals surface area contributed by atoms with Crippen molar-refractivity contribution in [2.45, 2.75) is 32.1 Å². The van der Waals surface area contributed by atoms with E-state index in [1.54, 1.807) is 24.5 Å². The fraction of sp³-hybridized carbons (Fsp3) is 0.579. The molecule has 2 heterocycles. The maximum atomic E-state index is 11.7. The number of carbonyl (C=O) groups excluding carboxylic acids is 1. The number of rotatable bonds is 10. The first kappa shape index (κ1) is 18.6. The van der Waals surface area contributed by atoms with Gasteiger partial charge in [0.25, 0.3) is 0 Å². The summed E-state index contributed by atoms with van der Waals surface area (Å²) in [6.07, 6.45) is 12.8. The van der Waals surface area contributed by atoms with Gasteiger partial charge in [-0.25, -0.2) is 0 Å². The van der Waals surface area contributed by atoms with Crippen molar-refractivity contribution in [2.75, 3.05) is 39.4 Å². The first-order valence-corrected chi connectivity index (χ1v) is 9.00. The molecule has 1 aromatic heterocycles. The summed E-state index contributed by atoms with van der Waals surface area (Å²) >= 11 is 0. The summed E-state index contributed by atoms with van der Waals surface area (Å²) in [6.45, 7) is 5.87. The van der Waals surface area contributed by atoms with Gasteiger partial charge < -0.3 is 10.1 Å². The van der Waals surface area contributed by atoms with Gasteiger partial charge in [0.15, 0.2) is 0 Å². The maximum Gasteiger partial charge on any atom is 0.243 e. The van der Waals surface area contributed by atoms with Crippen molar-refractivity contribution in [3.63, 3.8) is 0 Å². The molecule has 132 valence electrons. The average Bonchev–Trinajstić information content (AvgIpc) is 2.64. The number of carbonyl (C=O) groups is 1. The third kappa shape index (κ3) is 8.22. The molecule has 0 aromatic carbocycles. The second-order valence-corrected chi connectivity index (χ2v) is 6.13. The molecule has 0 atom stereocenters. The molecular formula is C19H29N3O2. The molecule has 0 spiro atoms. The van der Waals surface area contributed by atoms with Crippen LogP contribution in [0.5, 0.6) is 0 Å². The molecule has 0 radical (unpaired) electrons. The quantitative estimate of drug-likeness (QED) is 0.529. The number of pyridine rings is 1. The van der Waals surface area contributed by atoms with Crippen molar-refractivity contribution < 1.29 is 9.53 Å². The minimum Gasteiger partial charge on any atom is -0.379 e. The zero-order chi connectivity index (χ0) is 16.9. The lowest BCUT2D eigenvalue weighted by atomic mass is 10.1.